The summed E-state index contributed by atoms with van der Waals surface area (Å²) in [6, 6.07) is 7.12. The van der Waals surface area contributed by atoms with Gasteiger partial charge in [0.05, 0.1) is 18.3 Å². The fourth-order valence-corrected chi connectivity index (χ4v) is 2.89. The SMILES string of the molecule is CCCOC(=O)C1=C(C)Nc2nnnn2C1c1cccc(OC(C)C)c1. The number of rotatable bonds is 6. The van der Waals surface area contributed by atoms with Crippen molar-refractivity contribution in [2.24, 2.45) is 0 Å². The van der Waals surface area contributed by atoms with Crippen LogP contribution in [0.5, 0.6) is 5.75 Å². The summed E-state index contributed by atoms with van der Waals surface area (Å²) in [6.07, 6.45) is 0.803. The molecule has 0 radical (unpaired) electrons. The third-order valence-electron chi connectivity index (χ3n) is 3.92. The Bertz CT molecular complexity index is 828. The number of nitrogens with zero attached hydrogens (tertiary/aromatic N) is 4. The highest BCUT2D eigenvalue weighted by molar-refractivity contribution is 5.92. The molecule has 8 heteroatoms. The second-order valence-corrected chi connectivity index (χ2v) is 6.39. The Balaban J connectivity index is 2.05. The van der Waals surface area contributed by atoms with Gasteiger partial charge in [-0.05, 0) is 55.3 Å². The zero-order valence-corrected chi connectivity index (χ0v) is 15.4. The maximum atomic E-state index is 12.7. The maximum absolute atomic E-state index is 12.7. The van der Waals surface area contributed by atoms with Crippen LogP contribution in [0.25, 0.3) is 0 Å². The minimum absolute atomic E-state index is 0.0492. The Morgan fingerprint density at radius 2 is 2.19 bits per heavy atom. The Morgan fingerprint density at radius 1 is 1.38 bits per heavy atom. The lowest BCUT2D eigenvalue weighted by Gasteiger charge is -2.27. The number of hydrogen-bond donors (Lipinski definition) is 1. The summed E-state index contributed by atoms with van der Waals surface area (Å²) in [6.45, 7) is 8.07. The van der Waals surface area contributed by atoms with Crippen LogP contribution in [0.4, 0.5) is 5.95 Å². The van der Waals surface area contributed by atoms with Gasteiger partial charge in [0.1, 0.15) is 11.8 Å². The van der Waals surface area contributed by atoms with E-state index in [4.69, 9.17) is 9.47 Å². The van der Waals surface area contributed by atoms with Crippen molar-refractivity contribution >= 4 is 11.9 Å². The molecule has 8 nitrogen and oxygen atoms in total. The number of esters is 1. The highest BCUT2D eigenvalue weighted by atomic mass is 16.5. The van der Waals surface area contributed by atoms with Crippen LogP contribution in [0.3, 0.4) is 0 Å². The summed E-state index contributed by atoms with van der Waals surface area (Å²) >= 11 is 0. The molecular formula is C18H23N5O3. The van der Waals surface area contributed by atoms with Crippen LogP contribution in [0.1, 0.15) is 45.7 Å². The largest absolute Gasteiger partial charge is 0.491 e. The zero-order valence-electron chi connectivity index (χ0n) is 15.4. The van der Waals surface area contributed by atoms with E-state index in [0.717, 1.165) is 17.7 Å². The highest BCUT2D eigenvalue weighted by Crippen LogP contribution is 2.36. The van der Waals surface area contributed by atoms with Gasteiger partial charge in [0, 0.05) is 5.70 Å². The standard InChI is InChI=1S/C18H23N5O3/c1-5-9-25-17(24)15-12(4)19-18-20-21-22-23(18)16(15)13-7-6-8-14(10-13)26-11(2)3/h6-8,10-11,16H,5,9H2,1-4H3,(H,19,20,22). The van der Waals surface area contributed by atoms with Gasteiger partial charge in [-0.15, -0.1) is 0 Å². The number of fused-ring (bicyclic) bond motifs is 1. The van der Waals surface area contributed by atoms with Crippen molar-refractivity contribution in [1.29, 1.82) is 0 Å². The quantitative estimate of drug-likeness (QED) is 0.795. The average molecular weight is 357 g/mol. The first-order valence-corrected chi connectivity index (χ1v) is 8.70. The molecule has 1 unspecified atom stereocenters. The van der Waals surface area contributed by atoms with E-state index < -0.39 is 6.04 Å². The molecule has 1 N–H and O–H groups in total. The molecule has 0 bridgehead atoms. The molecular weight excluding hydrogens is 334 g/mol. The van der Waals surface area contributed by atoms with Gasteiger partial charge in [-0.25, -0.2) is 4.79 Å². The minimum Gasteiger partial charge on any atom is -0.491 e. The molecule has 3 rings (SSSR count). The number of nitrogens with one attached hydrogen (secondary N) is 1. The zero-order chi connectivity index (χ0) is 18.7. The number of hydrogen-bond acceptors (Lipinski definition) is 7. The van der Waals surface area contributed by atoms with Crippen LogP contribution in [-0.2, 0) is 9.53 Å². The van der Waals surface area contributed by atoms with Crippen molar-refractivity contribution in [3.8, 4) is 5.75 Å². The predicted molar refractivity (Wildman–Crippen MR) is 95.7 cm³/mol. The van der Waals surface area contributed by atoms with Gasteiger partial charge in [-0.3, -0.25) is 0 Å². The molecule has 1 aromatic heterocycles. The Morgan fingerprint density at radius 3 is 2.92 bits per heavy atom. The lowest BCUT2D eigenvalue weighted by molar-refractivity contribution is -0.139. The highest BCUT2D eigenvalue weighted by Gasteiger charge is 2.35. The smallest absolute Gasteiger partial charge is 0.338 e. The molecule has 1 atom stereocenters. The lowest BCUT2D eigenvalue weighted by Crippen LogP contribution is -2.29. The molecule has 0 aliphatic carbocycles. The first kappa shape index (κ1) is 17.9. The number of ether oxygens (including phenoxy) is 2. The molecule has 0 saturated heterocycles. The average Bonchev–Trinajstić information content (AvgIpc) is 3.05. The van der Waals surface area contributed by atoms with Crippen molar-refractivity contribution in [2.45, 2.75) is 46.3 Å². The molecule has 0 fully saturated rings. The van der Waals surface area contributed by atoms with E-state index in [9.17, 15) is 4.79 Å². The van der Waals surface area contributed by atoms with E-state index in [1.165, 1.54) is 0 Å². The fourth-order valence-electron chi connectivity index (χ4n) is 2.89. The monoisotopic (exact) mass is 357 g/mol. The van der Waals surface area contributed by atoms with Crippen molar-refractivity contribution in [2.75, 3.05) is 11.9 Å². The Hall–Kier alpha value is -2.90. The van der Waals surface area contributed by atoms with Gasteiger partial charge in [0.2, 0.25) is 5.95 Å². The molecule has 0 saturated carbocycles. The second-order valence-electron chi connectivity index (χ2n) is 6.39. The lowest BCUT2D eigenvalue weighted by atomic mass is 9.95. The van der Waals surface area contributed by atoms with Crippen LogP contribution in [0, 0.1) is 0 Å². The van der Waals surface area contributed by atoms with Crippen molar-refractivity contribution in [3.63, 3.8) is 0 Å². The van der Waals surface area contributed by atoms with Gasteiger partial charge in [0.15, 0.2) is 0 Å². The van der Waals surface area contributed by atoms with E-state index in [1.54, 1.807) is 4.68 Å². The maximum Gasteiger partial charge on any atom is 0.338 e. The Labute approximate surface area is 152 Å². The molecule has 1 aliphatic rings. The molecule has 0 spiro atoms. The molecule has 138 valence electrons. The first-order chi connectivity index (χ1) is 12.5. The van der Waals surface area contributed by atoms with E-state index in [-0.39, 0.29) is 12.1 Å². The molecule has 1 aliphatic heterocycles. The van der Waals surface area contributed by atoms with E-state index in [2.05, 4.69) is 20.8 Å². The van der Waals surface area contributed by atoms with E-state index in [0.29, 0.717) is 23.8 Å². The van der Waals surface area contributed by atoms with Crippen molar-refractivity contribution in [1.82, 2.24) is 20.2 Å². The summed E-state index contributed by atoms with van der Waals surface area (Å²) < 4.78 is 12.8. The molecule has 1 aromatic carbocycles. The van der Waals surface area contributed by atoms with Crippen LogP contribution in [-0.4, -0.2) is 38.9 Å². The van der Waals surface area contributed by atoms with Crippen LogP contribution in [0.15, 0.2) is 35.5 Å². The summed E-state index contributed by atoms with van der Waals surface area (Å²) in [4.78, 5) is 12.7. The van der Waals surface area contributed by atoms with Crippen molar-refractivity contribution in [3.05, 3.63) is 41.1 Å². The Kier molecular flexibility index (Phi) is 5.20. The number of benzene rings is 1. The molecule has 2 aromatic rings. The van der Waals surface area contributed by atoms with Gasteiger partial charge >= 0.3 is 5.97 Å². The normalized spacial score (nSPS) is 16.3. The first-order valence-electron chi connectivity index (χ1n) is 8.70. The fraction of sp³-hybridized carbons (Fsp3) is 0.444. The second kappa shape index (κ2) is 7.55. The van der Waals surface area contributed by atoms with Gasteiger partial charge in [0.25, 0.3) is 0 Å². The topological polar surface area (TPSA) is 91.2 Å². The third-order valence-corrected chi connectivity index (χ3v) is 3.92. The van der Waals surface area contributed by atoms with Crippen molar-refractivity contribution < 1.29 is 14.3 Å². The molecule has 0 amide bonds. The van der Waals surface area contributed by atoms with Crippen LogP contribution < -0.4 is 10.1 Å². The number of tetrazole rings is 1. The van der Waals surface area contributed by atoms with Gasteiger partial charge < -0.3 is 14.8 Å². The number of carbonyl (C=O) groups is 1. The predicted octanol–water partition coefficient (Wildman–Crippen LogP) is 2.70. The van der Waals surface area contributed by atoms with E-state index in [1.807, 2.05) is 52.0 Å². The van der Waals surface area contributed by atoms with Crippen LogP contribution in [0.2, 0.25) is 0 Å². The summed E-state index contributed by atoms with van der Waals surface area (Å²) in [5.74, 6) is 0.831. The number of aromatic nitrogens is 4. The van der Waals surface area contributed by atoms with Crippen LogP contribution >= 0.6 is 0 Å². The molecule has 2 heterocycles. The van der Waals surface area contributed by atoms with E-state index >= 15 is 0 Å². The van der Waals surface area contributed by atoms with Gasteiger partial charge in [-0.1, -0.05) is 24.2 Å². The minimum atomic E-state index is -0.485. The molecule has 26 heavy (non-hydrogen) atoms. The van der Waals surface area contributed by atoms with Gasteiger partial charge in [-0.2, -0.15) is 4.68 Å². The number of anilines is 1. The summed E-state index contributed by atoms with van der Waals surface area (Å²) in [5.41, 5.74) is 2.01. The number of carbonyl (C=O) groups excluding carboxylic acids is 1. The summed E-state index contributed by atoms with van der Waals surface area (Å²) in [5, 5.41) is 14.8. The summed E-state index contributed by atoms with van der Waals surface area (Å²) in [7, 11) is 0. The third kappa shape index (κ3) is 3.54. The number of allylic oxidation sites excluding steroid dienone is 1.